The molecule has 0 fully saturated rings. The zero-order valence-corrected chi connectivity index (χ0v) is 18.2. The molecule has 162 valence electrons. The van der Waals surface area contributed by atoms with Gasteiger partial charge in [0.2, 0.25) is 10.0 Å². The van der Waals surface area contributed by atoms with Crippen LogP contribution in [0.25, 0.3) is 11.1 Å². The van der Waals surface area contributed by atoms with Crippen LogP contribution < -0.4 is 14.2 Å². The van der Waals surface area contributed by atoms with Gasteiger partial charge in [0.15, 0.2) is 0 Å². The molecule has 0 atom stereocenters. The Morgan fingerprint density at radius 1 is 1.03 bits per heavy atom. The monoisotopic (exact) mass is 462 g/mol. The number of methoxy groups -OCH3 is 2. The number of benzene rings is 3. The van der Waals surface area contributed by atoms with Crippen LogP contribution in [0, 0.1) is 10.1 Å². The fourth-order valence-electron chi connectivity index (χ4n) is 2.99. The molecule has 31 heavy (non-hydrogen) atoms. The number of nitrogens with one attached hydrogen (secondary N) is 1. The molecule has 1 N–H and O–H groups in total. The molecule has 0 amide bonds. The Morgan fingerprint density at radius 3 is 2.45 bits per heavy atom. The Bertz CT molecular complexity index is 1230. The van der Waals surface area contributed by atoms with Crippen molar-refractivity contribution >= 4 is 27.3 Å². The minimum Gasteiger partial charge on any atom is -0.497 e. The number of hydrogen-bond donors (Lipinski definition) is 1. The lowest BCUT2D eigenvalue weighted by molar-refractivity contribution is -0.385. The van der Waals surface area contributed by atoms with Gasteiger partial charge in [-0.15, -0.1) is 0 Å². The van der Waals surface area contributed by atoms with Crippen molar-refractivity contribution in [3.63, 3.8) is 0 Å². The molecular weight excluding hydrogens is 444 g/mol. The summed E-state index contributed by atoms with van der Waals surface area (Å²) in [4.78, 5) is 10.4. The molecule has 0 heterocycles. The number of nitro benzene ring substituents is 1. The molecular formula is C21H19ClN2O6S. The lowest BCUT2D eigenvalue weighted by atomic mass is 10.1. The summed E-state index contributed by atoms with van der Waals surface area (Å²) in [7, 11) is -1.16. The number of non-ortho nitro benzene ring substituents is 1. The van der Waals surface area contributed by atoms with E-state index in [1.54, 1.807) is 42.5 Å². The molecule has 0 aromatic heterocycles. The van der Waals surface area contributed by atoms with Gasteiger partial charge in [-0.2, -0.15) is 0 Å². The summed E-state index contributed by atoms with van der Waals surface area (Å²) in [6, 6.07) is 15.3. The van der Waals surface area contributed by atoms with Gasteiger partial charge in [-0.1, -0.05) is 29.8 Å². The maximum atomic E-state index is 13.1. The summed E-state index contributed by atoms with van der Waals surface area (Å²) in [5, 5.41) is 11.7. The number of ether oxygens (including phenoxy) is 2. The van der Waals surface area contributed by atoms with E-state index in [-0.39, 0.29) is 17.1 Å². The predicted molar refractivity (Wildman–Crippen MR) is 117 cm³/mol. The highest BCUT2D eigenvalue weighted by molar-refractivity contribution is 7.89. The number of halogens is 1. The maximum Gasteiger partial charge on any atom is 0.270 e. The van der Waals surface area contributed by atoms with E-state index in [9.17, 15) is 18.5 Å². The summed E-state index contributed by atoms with van der Waals surface area (Å²) < 4.78 is 39.2. The van der Waals surface area contributed by atoms with E-state index in [4.69, 9.17) is 21.1 Å². The molecule has 0 saturated carbocycles. The third-order valence-corrected chi connectivity index (χ3v) is 6.22. The van der Waals surface area contributed by atoms with Crippen molar-refractivity contribution in [3.8, 4) is 22.6 Å². The Kier molecular flexibility index (Phi) is 6.79. The van der Waals surface area contributed by atoms with Crippen LogP contribution >= 0.6 is 11.6 Å². The van der Waals surface area contributed by atoms with Crippen LogP contribution in [-0.4, -0.2) is 27.6 Å². The molecule has 0 unspecified atom stereocenters. The van der Waals surface area contributed by atoms with E-state index in [1.165, 1.54) is 26.4 Å². The average molecular weight is 463 g/mol. The Labute approximate surface area is 184 Å². The van der Waals surface area contributed by atoms with E-state index >= 15 is 0 Å². The fourth-order valence-corrected chi connectivity index (χ4v) is 4.43. The highest BCUT2D eigenvalue weighted by Crippen LogP contribution is 2.32. The molecule has 0 bridgehead atoms. The molecule has 0 aliphatic rings. The Hall–Kier alpha value is -3.14. The molecule has 0 saturated heterocycles. The molecule has 0 radical (unpaired) electrons. The quantitative estimate of drug-likeness (QED) is 0.392. The number of sulfonamides is 1. The lowest BCUT2D eigenvalue weighted by Crippen LogP contribution is -2.24. The summed E-state index contributed by atoms with van der Waals surface area (Å²) in [6.45, 7) is -0.0901. The average Bonchev–Trinajstić information content (AvgIpc) is 2.77. The van der Waals surface area contributed by atoms with Crippen LogP contribution in [-0.2, 0) is 16.6 Å². The van der Waals surface area contributed by atoms with Gasteiger partial charge >= 0.3 is 0 Å². The maximum absolute atomic E-state index is 13.1. The van der Waals surface area contributed by atoms with Crippen molar-refractivity contribution in [2.45, 2.75) is 11.4 Å². The van der Waals surface area contributed by atoms with Gasteiger partial charge in [0.25, 0.3) is 5.69 Å². The van der Waals surface area contributed by atoms with Gasteiger partial charge in [-0.25, -0.2) is 13.1 Å². The zero-order chi connectivity index (χ0) is 22.6. The predicted octanol–water partition coefficient (Wildman–Crippen LogP) is 4.41. The van der Waals surface area contributed by atoms with E-state index in [0.717, 1.165) is 6.07 Å². The summed E-state index contributed by atoms with van der Waals surface area (Å²) in [5.74, 6) is 1.00. The van der Waals surface area contributed by atoms with Crippen molar-refractivity contribution in [1.29, 1.82) is 0 Å². The molecule has 10 heteroatoms. The Balaban J connectivity index is 2.01. The first kappa shape index (κ1) is 22.5. The van der Waals surface area contributed by atoms with Crippen molar-refractivity contribution in [1.82, 2.24) is 4.72 Å². The van der Waals surface area contributed by atoms with Crippen LogP contribution in [0.3, 0.4) is 0 Å². The van der Waals surface area contributed by atoms with E-state index in [0.29, 0.717) is 33.2 Å². The number of rotatable bonds is 8. The van der Waals surface area contributed by atoms with Crippen LogP contribution in [0.4, 0.5) is 5.69 Å². The molecule has 3 rings (SSSR count). The SMILES string of the molecule is COc1ccc(CNS(=O)(=O)c2cc([N+](=O)[O-])ccc2-c2cccc(Cl)c2)c(OC)c1. The molecule has 0 spiro atoms. The fraction of sp³-hybridized carbons (Fsp3) is 0.143. The topological polar surface area (TPSA) is 108 Å². The smallest absolute Gasteiger partial charge is 0.270 e. The largest absolute Gasteiger partial charge is 0.497 e. The zero-order valence-electron chi connectivity index (χ0n) is 16.7. The van der Waals surface area contributed by atoms with Crippen LogP contribution in [0.15, 0.2) is 65.6 Å². The van der Waals surface area contributed by atoms with E-state index < -0.39 is 14.9 Å². The minimum absolute atomic E-state index is 0.0901. The third-order valence-electron chi connectivity index (χ3n) is 4.55. The van der Waals surface area contributed by atoms with Crippen LogP contribution in [0.5, 0.6) is 11.5 Å². The van der Waals surface area contributed by atoms with Crippen LogP contribution in [0.2, 0.25) is 5.02 Å². The first-order valence-corrected chi connectivity index (χ1v) is 10.9. The number of nitro groups is 1. The first-order chi connectivity index (χ1) is 14.7. The summed E-state index contributed by atoms with van der Waals surface area (Å²) in [6.07, 6.45) is 0. The van der Waals surface area contributed by atoms with E-state index in [1.807, 2.05) is 0 Å². The third kappa shape index (κ3) is 5.13. The van der Waals surface area contributed by atoms with E-state index in [2.05, 4.69) is 4.72 Å². The standard InChI is InChI=1S/C21H19ClN2O6S/c1-29-18-8-6-15(20(12-18)30-2)13-23-31(27,28)21-11-17(24(25)26)7-9-19(21)14-4-3-5-16(22)10-14/h3-12,23H,13H2,1-2H3. The highest BCUT2D eigenvalue weighted by Gasteiger charge is 2.23. The Morgan fingerprint density at radius 2 is 1.81 bits per heavy atom. The van der Waals surface area contributed by atoms with Gasteiger partial charge in [-0.05, 0) is 29.8 Å². The summed E-state index contributed by atoms with van der Waals surface area (Å²) >= 11 is 6.04. The van der Waals surface area contributed by atoms with Gasteiger partial charge in [-0.3, -0.25) is 10.1 Å². The second-order valence-corrected chi connectivity index (χ2v) is 8.62. The lowest BCUT2D eigenvalue weighted by Gasteiger charge is -2.14. The van der Waals surface area contributed by atoms with Gasteiger partial charge < -0.3 is 9.47 Å². The summed E-state index contributed by atoms with van der Waals surface area (Å²) in [5.41, 5.74) is 1.04. The molecule has 8 nitrogen and oxygen atoms in total. The van der Waals surface area contributed by atoms with Crippen LogP contribution in [0.1, 0.15) is 5.56 Å². The van der Waals surface area contributed by atoms with Crippen molar-refractivity contribution in [2.24, 2.45) is 0 Å². The van der Waals surface area contributed by atoms with Crippen molar-refractivity contribution in [2.75, 3.05) is 14.2 Å². The normalized spacial score (nSPS) is 11.2. The molecule has 0 aliphatic heterocycles. The van der Waals surface area contributed by atoms with Gasteiger partial charge in [0, 0.05) is 40.9 Å². The van der Waals surface area contributed by atoms with Gasteiger partial charge in [0.1, 0.15) is 11.5 Å². The second kappa shape index (κ2) is 9.34. The van der Waals surface area contributed by atoms with Crippen molar-refractivity contribution in [3.05, 3.63) is 81.4 Å². The highest BCUT2D eigenvalue weighted by atomic mass is 35.5. The second-order valence-electron chi connectivity index (χ2n) is 6.45. The van der Waals surface area contributed by atoms with Gasteiger partial charge in [0.05, 0.1) is 24.0 Å². The molecule has 0 aliphatic carbocycles. The molecule has 3 aromatic rings. The number of nitrogens with zero attached hydrogens (tertiary/aromatic N) is 1. The van der Waals surface area contributed by atoms with Crippen molar-refractivity contribution < 1.29 is 22.8 Å². The molecule has 3 aromatic carbocycles. The first-order valence-electron chi connectivity index (χ1n) is 9.00. The minimum atomic E-state index is -4.13. The number of hydrogen-bond acceptors (Lipinski definition) is 6.